The van der Waals surface area contributed by atoms with E-state index in [1.807, 2.05) is 48.5 Å². The van der Waals surface area contributed by atoms with E-state index in [1.54, 1.807) is 24.1 Å². The number of benzene rings is 3. The minimum atomic E-state index is -0.614. The Balaban J connectivity index is 1.79. The molecule has 30 heavy (non-hydrogen) atoms. The molecule has 150 valence electrons. The quantitative estimate of drug-likeness (QED) is 0.551. The van der Waals surface area contributed by atoms with Gasteiger partial charge in [-0.2, -0.15) is 0 Å². The van der Waals surface area contributed by atoms with Gasteiger partial charge in [-0.1, -0.05) is 72.3 Å². The Kier molecular flexibility index (Phi) is 5.38. The number of imide groups is 1. The van der Waals surface area contributed by atoms with Crippen molar-refractivity contribution in [3.05, 3.63) is 107 Å². The molecular weight excluding hydrogens is 403 g/mol. The van der Waals surface area contributed by atoms with Crippen LogP contribution in [-0.2, 0) is 16.1 Å². The minimum Gasteiger partial charge on any atom is -0.365 e. The molecule has 6 heteroatoms. The van der Waals surface area contributed by atoms with E-state index < -0.39 is 17.6 Å². The second-order valence-electron chi connectivity index (χ2n) is 6.98. The van der Waals surface area contributed by atoms with Crippen molar-refractivity contribution in [2.45, 2.75) is 6.54 Å². The monoisotopic (exact) mass is 420 g/mol. The minimum absolute atomic E-state index is 0.152. The highest BCUT2D eigenvalue weighted by Gasteiger charge is 2.41. The first-order valence-corrected chi connectivity index (χ1v) is 9.74. The number of rotatable bonds is 5. The third-order valence-electron chi connectivity index (χ3n) is 4.93. The third kappa shape index (κ3) is 3.60. The SMILES string of the molecule is CN(Cc1ccccc1)C1=C(c2ccccc2)C(=O)N(c2ccc(F)c(Cl)c2)C1=O. The number of anilines is 1. The van der Waals surface area contributed by atoms with Gasteiger partial charge >= 0.3 is 0 Å². The molecule has 3 aromatic rings. The number of carbonyl (C=O) groups is 2. The van der Waals surface area contributed by atoms with Gasteiger partial charge in [0.15, 0.2) is 0 Å². The van der Waals surface area contributed by atoms with Crippen LogP contribution in [0.4, 0.5) is 10.1 Å². The smallest absolute Gasteiger partial charge is 0.282 e. The summed E-state index contributed by atoms with van der Waals surface area (Å²) in [5.74, 6) is -1.55. The Labute approximate surface area is 178 Å². The van der Waals surface area contributed by atoms with Crippen molar-refractivity contribution in [3.63, 3.8) is 0 Å². The molecule has 2 amide bonds. The third-order valence-corrected chi connectivity index (χ3v) is 5.22. The lowest BCUT2D eigenvalue weighted by molar-refractivity contribution is -0.120. The topological polar surface area (TPSA) is 40.6 Å². The molecule has 0 saturated carbocycles. The van der Waals surface area contributed by atoms with E-state index in [-0.39, 0.29) is 16.4 Å². The van der Waals surface area contributed by atoms with Gasteiger partial charge in [-0.3, -0.25) is 9.59 Å². The van der Waals surface area contributed by atoms with E-state index in [1.165, 1.54) is 12.1 Å². The van der Waals surface area contributed by atoms with E-state index in [9.17, 15) is 14.0 Å². The van der Waals surface area contributed by atoms with Crippen LogP contribution in [0.1, 0.15) is 11.1 Å². The highest BCUT2D eigenvalue weighted by atomic mass is 35.5. The average Bonchev–Trinajstić information content (AvgIpc) is 3.02. The van der Waals surface area contributed by atoms with E-state index in [2.05, 4.69) is 0 Å². The second-order valence-corrected chi connectivity index (χ2v) is 7.38. The molecule has 0 fully saturated rings. The Hall–Kier alpha value is -3.44. The van der Waals surface area contributed by atoms with Gasteiger partial charge in [-0.15, -0.1) is 0 Å². The molecule has 0 N–H and O–H groups in total. The molecule has 1 aliphatic heterocycles. The number of likely N-dealkylation sites (N-methyl/N-ethyl adjacent to an activating group) is 1. The molecule has 0 aromatic heterocycles. The molecule has 0 atom stereocenters. The Morgan fingerprint density at radius 3 is 2.17 bits per heavy atom. The van der Waals surface area contributed by atoms with Crippen LogP contribution < -0.4 is 4.90 Å². The fourth-order valence-electron chi connectivity index (χ4n) is 3.53. The van der Waals surface area contributed by atoms with E-state index in [0.717, 1.165) is 16.5 Å². The first-order valence-electron chi connectivity index (χ1n) is 9.36. The van der Waals surface area contributed by atoms with Crippen molar-refractivity contribution in [1.82, 2.24) is 4.90 Å². The summed E-state index contributed by atoms with van der Waals surface area (Å²) < 4.78 is 13.6. The molecule has 0 unspecified atom stereocenters. The number of amides is 2. The molecule has 0 bridgehead atoms. The van der Waals surface area contributed by atoms with Crippen LogP contribution in [0.15, 0.2) is 84.6 Å². The van der Waals surface area contributed by atoms with Crippen LogP contribution in [0.5, 0.6) is 0 Å². The fraction of sp³-hybridized carbons (Fsp3) is 0.0833. The largest absolute Gasteiger partial charge is 0.365 e. The first-order chi connectivity index (χ1) is 14.5. The van der Waals surface area contributed by atoms with Crippen molar-refractivity contribution < 1.29 is 14.0 Å². The van der Waals surface area contributed by atoms with Gasteiger partial charge in [0.1, 0.15) is 11.5 Å². The zero-order chi connectivity index (χ0) is 21.3. The van der Waals surface area contributed by atoms with E-state index >= 15 is 0 Å². The molecule has 1 heterocycles. The Bertz CT molecular complexity index is 1150. The summed E-state index contributed by atoms with van der Waals surface area (Å²) in [6, 6.07) is 22.5. The van der Waals surface area contributed by atoms with Crippen LogP contribution in [0.3, 0.4) is 0 Å². The maximum absolute atomic E-state index is 13.6. The van der Waals surface area contributed by atoms with Gasteiger partial charge in [0, 0.05) is 13.6 Å². The predicted octanol–water partition coefficient (Wildman–Crippen LogP) is 4.90. The van der Waals surface area contributed by atoms with Crippen molar-refractivity contribution >= 4 is 34.7 Å². The molecule has 0 aliphatic carbocycles. The van der Waals surface area contributed by atoms with E-state index in [4.69, 9.17) is 11.6 Å². The summed E-state index contributed by atoms with van der Waals surface area (Å²) in [5.41, 5.74) is 2.47. The molecule has 0 saturated heterocycles. The van der Waals surface area contributed by atoms with Gasteiger partial charge in [0.2, 0.25) is 0 Å². The van der Waals surface area contributed by atoms with Crippen molar-refractivity contribution in [2.24, 2.45) is 0 Å². The van der Waals surface area contributed by atoms with Gasteiger partial charge in [-0.05, 0) is 29.3 Å². The molecular formula is C24H18ClFN2O2. The molecule has 4 rings (SSSR count). The number of halogens is 2. The number of hydrogen-bond acceptors (Lipinski definition) is 3. The lowest BCUT2D eigenvalue weighted by atomic mass is 10.0. The fourth-order valence-corrected chi connectivity index (χ4v) is 3.71. The van der Waals surface area contributed by atoms with Crippen LogP contribution >= 0.6 is 11.6 Å². The predicted molar refractivity (Wildman–Crippen MR) is 115 cm³/mol. The lowest BCUT2D eigenvalue weighted by Crippen LogP contribution is -2.34. The number of carbonyl (C=O) groups excluding carboxylic acids is 2. The summed E-state index contributed by atoms with van der Waals surface area (Å²) in [6.07, 6.45) is 0. The van der Waals surface area contributed by atoms with Gasteiger partial charge in [-0.25, -0.2) is 9.29 Å². The molecule has 1 aliphatic rings. The van der Waals surface area contributed by atoms with Crippen molar-refractivity contribution in [1.29, 1.82) is 0 Å². The second kappa shape index (κ2) is 8.13. The molecule has 0 radical (unpaired) electrons. The lowest BCUT2D eigenvalue weighted by Gasteiger charge is -2.21. The maximum atomic E-state index is 13.6. The maximum Gasteiger partial charge on any atom is 0.282 e. The Morgan fingerprint density at radius 1 is 0.900 bits per heavy atom. The standard InChI is InChI=1S/C24H18ClFN2O2/c1-27(15-16-8-4-2-5-9-16)22-21(17-10-6-3-7-11-17)23(29)28(24(22)30)18-12-13-20(26)19(25)14-18/h2-14H,15H2,1H3. The first kappa shape index (κ1) is 19.9. The molecule has 3 aromatic carbocycles. The summed E-state index contributed by atoms with van der Waals surface area (Å²) in [7, 11) is 1.78. The van der Waals surface area contributed by atoms with Crippen LogP contribution in [0.2, 0.25) is 5.02 Å². The zero-order valence-electron chi connectivity index (χ0n) is 16.2. The van der Waals surface area contributed by atoms with Gasteiger partial charge in [0.25, 0.3) is 11.8 Å². The zero-order valence-corrected chi connectivity index (χ0v) is 16.9. The summed E-state index contributed by atoms with van der Waals surface area (Å²) in [5, 5.41) is -0.152. The summed E-state index contributed by atoms with van der Waals surface area (Å²) >= 11 is 5.90. The normalized spacial score (nSPS) is 13.9. The van der Waals surface area contributed by atoms with E-state index in [0.29, 0.717) is 17.7 Å². The molecule has 4 nitrogen and oxygen atoms in total. The van der Waals surface area contributed by atoms with Gasteiger partial charge in [0.05, 0.1) is 16.3 Å². The van der Waals surface area contributed by atoms with Crippen molar-refractivity contribution in [3.8, 4) is 0 Å². The van der Waals surface area contributed by atoms with Crippen LogP contribution in [0.25, 0.3) is 5.57 Å². The van der Waals surface area contributed by atoms with Gasteiger partial charge < -0.3 is 4.90 Å². The highest BCUT2D eigenvalue weighted by molar-refractivity contribution is 6.45. The summed E-state index contributed by atoms with van der Waals surface area (Å²) in [4.78, 5) is 29.6. The molecule has 0 spiro atoms. The van der Waals surface area contributed by atoms with Crippen molar-refractivity contribution in [2.75, 3.05) is 11.9 Å². The highest BCUT2D eigenvalue weighted by Crippen LogP contribution is 2.35. The van der Waals surface area contributed by atoms with Crippen LogP contribution in [0, 0.1) is 5.82 Å². The average molecular weight is 421 g/mol. The number of nitrogens with zero attached hydrogens (tertiary/aromatic N) is 2. The Morgan fingerprint density at radius 2 is 1.53 bits per heavy atom. The van der Waals surface area contributed by atoms with Crippen LogP contribution in [-0.4, -0.2) is 23.8 Å². The number of hydrogen-bond donors (Lipinski definition) is 0. The summed E-state index contributed by atoms with van der Waals surface area (Å²) in [6.45, 7) is 0.448.